The Morgan fingerprint density at radius 3 is 2.12 bits per heavy atom. The fourth-order valence-corrected chi connectivity index (χ4v) is 5.49. The number of halogens is 2. The maximum Gasteiger partial charge on any atom is 0.254 e. The van der Waals surface area contributed by atoms with E-state index in [2.05, 4.69) is 0 Å². The number of hydrogen-bond acceptors (Lipinski definition) is 2. The van der Waals surface area contributed by atoms with E-state index in [-0.39, 0.29) is 0 Å². The lowest BCUT2D eigenvalue weighted by Crippen LogP contribution is -1.96. The summed E-state index contributed by atoms with van der Waals surface area (Å²) in [6.07, 6.45) is 0. The molecule has 0 N–H and O–H groups in total. The summed E-state index contributed by atoms with van der Waals surface area (Å²) in [5.41, 5.74) is -2.94. The molecule has 0 fully saturated rings. The zero-order valence-electron chi connectivity index (χ0n) is 8.72. The highest BCUT2D eigenvalue weighted by Gasteiger charge is 2.22. The van der Waals surface area contributed by atoms with Gasteiger partial charge in [0.15, 0.2) is 0 Å². The van der Waals surface area contributed by atoms with Crippen LogP contribution in [0.1, 0.15) is 0 Å². The van der Waals surface area contributed by atoms with Crippen molar-refractivity contribution in [3.05, 3.63) is 59.6 Å². The van der Waals surface area contributed by atoms with E-state index in [0.717, 1.165) is 4.90 Å². The Labute approximate surface area is 114 Å². The first-order valence-electron chi connectivity index (χ1n) is 4.88. The summed E-state index contributed by atoms with van der Waals surface area (Å²) in [6.45, 7) is 0. The summed E-state index contributed by atoms with van der Waals surface area (Å²) in [5.74, 6) is 0. The largest absolute Gasteiger partial charge is 0.289 e. The number of hydrogen-bond donors (Lipinski definition) is 0. The van der Waals surface area contributed by atoms with E-state index in [1.807, 2.05) is 30.3 Å². The quantitative estimate of drug-likeness (QED) is 0.726. The maximum absolute atomic E-state index is 12.4. The third kappa shape index (κ3) is 3.53. The van der Waals surface area contributed by atoms with Gasteiger partial charge in [-0.1, -0.05) is 29.8 Å². The number of benzene rings is 2. The zero-order valence-corrected chi connectivity index (χ0v) is 11.9. The summed E-state index contributed by atoms with van der Waals surface area (Å²) in [5, 5.41) is 1.31. The van der Waals surface area contributed by atoms with Crippen molar-refractivity contribution in [1.29, 1.82) is 0 Å². The van der Waals surface area contributed by atoms with Gasteiger partial charge in [-0.25, -0.2) is 0 Å². The fraction of sp³-hybridized carbons (Fsp3) is 0. The van der Waals surface area contributed by atoms with E-state index < -0.39 is 5.70 Å². The molecular formula is C12H9Cl2OPS. The summed E-state index contributed by atoms with van der Waals surface area (Å²) >= 11 is 13.1. The molecule has 0 amide bonds. The summed E-state index contributed by atoms with van der Waals surface area (Å²) in [6, 6.07) is 16.2. The van der Waals surface area contributed by atoms with Crippen molar-refractivity contribution >= 4 is 45.2 Å². The molecular weight excluding hydrogens is 294 g/mol. The number of rotatable bonds is 3. The van der Waals surface area contributed by atoms with Gasteiger partial charge < -0.3 is 0 Å². The summed E-state index contributed by atoms with van der Waals surface area (Å²) in [7, 11) is 0. The normalized spacial score (nSPS) is 14.2. The van der Waals surface area contributed by atoms with Crippen molar-refractivity contribution in [2.75, 3.05) is 0 Å². The molecule has 1 nitrogen and oxygen atoms in total. The minimum Gasteiger partial charge on any atom is -0.289 e. The third-order valence-corrected chi connectivity index (χ3v) is 7.16. The van der Waals surface area contributed by atoms with Gasteiger partial charge in [0.25, 0.3) is 5.70 Å². The van der Waals surface area contributed by atoms with Gasteiger partial charge in [0.2, 0.25) is 0 Å². The fourth-order valence-electron chi connectivity index (χ4n) is 1.29. The first-order valence-corrected chi connectivity index (χ1v) is 9.29. The van der Waals surface area contributed by atoms with Gasteiger partial charge in [0, 0.05) is 15.2 Å². The van der Waals surface area contributed by atoms with Gasteiger partial charge >= 0.3 is 0 Å². The molecule has 0 saturated carbocycles. The first-order chi connectivity index (χ1) is 8.08. The highest BCUT2D eigenvalue weighted by Crippen LogP contribution is 2.64. The van der Waals surface area contributed by atoms with Crippen LogP contribution in [0.15, 0.2) is 59.5 Å². The Morgan fingerprint density at radius 2 is 1.53 bits per heavy atom. The van der Waals surface area contributed by atoms with Crippen LogP contribution in [0.2, 0.25) is 5.02 Å². The van der Waals surface area contributed by atoms with Gasteiger partial charge in [0.1, 0.15) is 0 Å². The van der Waals surface area contributed by atoms with E-state index >= 15 is 0 Å². The van der Waals surface area contributed by atoms with Gasteiger partial charge in [-0.2, -0.15) is 0 Å². The third-order valence-electron chi connectivity index (χ3n) is 2.10. The minimum absolute atomic E-state index is 0.651. The Bertz CT molecular complexity index is 542. The van der Waals surface area contributed by atoms with Crippen LogP contribution in [0.25, 0.3) is 0 Å². The molecule has 0 spiro atoms. The SMILES string of the molecule is O=P(Cl)(Sc1ccc(Cl)cc1)c1ccccc1. The van der Waals surface area contributed by atoms with Crippen molar-refractivity contribution in [2.24, 2.45) is 0 Å². The van der Waals surface area contributed by atoms with Crippen molar-refractivity contribution in [2.45, 2.75) is 4.90 Å². The van der Waals surface area contributed by atoms with Crippen molar-refractivity contribution in [3.8, 4) is 0 Å². The van der Waals surface area contributed by atoms with E-state index in [1.54, 1.807) is 24.3 Å². The van der Waals surface area contributed by atoms with Crippen LogP contribution >= 0.6 is 39.9 Å². The van der Waals surface area contributed by atoms with E-state index in [9.17, 15) is 4.57 Å². The second-order valence-electron chi connectivity index (χ2n) is 3.36. The maximum atomic E-state index is 12.4. The predicted molar refractivity (Wildman–Crippen MR) is 76.8 cm³/mol. The van der Waals surface area contributed by atoms with E-state index in [4.69, 9.17) is 22.8 Å². The predicted octanol–water partition coefficient (Wildman–Crippen LogP) is 5.19. The van der Waals surface area contributed by atoms with Crippen LogP contribution in [0.3, 0.4) is 0 Å². The van der Waals surface area contributed by atoms with Gasteiger partial charge in [0.05, 0.1) is 0 Å². The lowest BCUT2D eigenvalue weighted by Gasteiger charge is -2.09. The van der Waals surface area contributed by atoms with Gasteiger partial charge in [-0.3, -0.25) is 4.57 Å². The average molecular weight is 303 g/mol. The average Bonchev–Trinajstić information content (AvgIpc) is 2.33. The van der Waals surface area contributed by atoms with Crippen LogP contribution in [0.4, 0.5) is 0 Å². The molecule has 0 aromatic heterocycles. The molecule has 0 heterocycles. The topological polar surface area (TPSA) is 17.1 Å². The highest BCUT2D eigenvalue weighted by molar-refractivity contribution is 8.67. The summed E-state index contributed by atoms with van der Waals surface area (Å²) in [4.78, 5) is 0.844. The minimum atomic E-state index is -2.94. The molecule has 5 heteroatoms. The van der Waals surface area contributed by atoms with Crippen LogP contribution in [-0.2, 0) is 4.57 Å². The second kappa shape index (κ2) is 5.49. The molecule has 0 aliphatic heterocycles. The molecule has 2 aromatic carbocycles. The molecule has 0 aliphatic carbocycles. The Balaban J connectivity index is 2.23. The Morgan fingerprint density at radius 1 is 0.941 bits per heavy atom. The van der Waals surface area contributed by atoms with Crippen molar-refractivity contribution < 1.29 is 4.57 Å². The van der Waals surface area contributed by atoms with Crippen LogP contribution < -0.4 is 5.30 Å². The molecule has 0 radical (unpaired) electrons. The zero-order chi connectivity index (χ0) is 12.3. The lowest BCUT2D eigenvalue weighted by molar-refractivity contribution is 0.598. The van der Waals surface area contributed by atoms with E-state index in [0.29, 0.717) is 10.3 Å². The second-order valence-corrected chi connectivity index (χ2v) is 10.0. The summed E-state index contributed by atoms with van der Waals surface area (Å²) < 4.78 is 12.4. The Kier molecular flexibility index (Phi) is 4.22. The van der Waals surface area contributed by atoms with Crippen molar-refractivity contribution in [1.82, 2.24) is 0 Å². The van der Waals surface area contributed by atoms with Gasteiger partial charge in [-0.15, -0.1) is 0 Å². The smallest absolute Gasteiger partial charge is 0.254 e. The molecule has 1 atom stereocenters. The van der Waals surface area contributed by atoms with E-state index in [1.165, 1.54) is 11.4 Å². The standard InChI is InChI=1S/C12H9Cl2OPS/c13-10-6-8-12(9-7-10)17-16(14,15)11-4-2-1-3-5-11/h1-9H. The van der Waals surface area contributed by atoms with Crippen LogP contribution in [0, 0.1) is 0 Å². The first kappa shape index (κ1) is 13.0. The monoisotopic (exact) mass is 302 g/mol. The van der Waals surface area contributed by atoms with Crippen molar-refractivity contribution in [3.63, 3.8) is 0 Å². The molecule has 2 aromatic rings. The molecule has 17 heavy (non-hydrogen) atoms. The molecule has 2 rings (SSSR count). The molecule has 0 saturated heterocycles. The molecule has 88 valence electrons. The highest BCUT2D eigenvalue weighted by atomic mass is 35.7. The Hall–Kier alpha value is -0.400. The lowest BCUT2D eigenvalue weighted by atomic mass is 10.4. The van der Waals surface area contributed by atoms with Crippen LogP contribution in [0.5, 0.6) is 0 Å². The molecule has 1 unspecified atom stereocenters. The van der Waals surface area contributed by atoms with Crippen LogP contribution in [-0.4, -0.2) is 0 Å². The molecule has 0 bridgehead atoms. The van der Waals surface area contributed by atoms with Gasteiger partial charge in [-0.05, 0) is 59.0 Å². The molecule has 0 aliphatic rings.